The molecule has 0 aliphatic carbocycles. The number of thioether (sulfide) groups is 1. The van der Waals surface area contributed by atoms with Crippen molar-refractivity contribution in [2.75, 3.05) is 5.75 Å². The van der Waals surface area contributed by atoms with Crippen LogP contribution < -0.4 is 5.32 Å². The molecule has 0 aliphatic rings. The van der Waals surface area contributed by atoms with Crippen molar-refractivity contribution in [1.29, 1.82) is 0 Å². The number of fused-ring (bicyclic) bond motifs is 1. The first-order valence-electron chi connectivity index (χ1n) is 6.04. The Hall–Kier alpha value is -1.15. The minimum absolute atomic E-state index is 0.0205. The average Bonchev–Trinajstić information content (AvgIpc) is 3.11. The van der Waals surface area contributed by atoms with Crippen LogP contribution in [0.25, 0.3) is 10.2 Å². The molecule has 1 N–H and O–H groups in total. The molecule has 0 atom stereocenters. The van der Waals surface area contributed by atoms with Crippen LogP contribution in [0.3, 0.4) is 0 Å². The lowest BCUT2D eigenvalue weighted by Gasteiger charge is -2.03. The third kappa shape index (κ3) is 3.74. The van der Waals surface area contributed by atoms with Crippen LogP contribution in [-0.4, -0.2) is 21.6 Å². The molecule has 3 aromatic heterocycles. The van der Waals surface area contributed by atoms with Crippen molar-refractivity contribution in [3.63, 3.8) is 0 Å². The third-order valence-corrected chi connectivity index (χ3v) is 5.90. The molecule has 0 aliphatic heterocycles. The number of amides is 1. The molecule has 0 aromatic carbocycles. The summed E-state index contributed by atoms with van der Waals surface area (Å²) >= 11 is 10.3. The summed E-state index contributed by atoms with van der Waals surface area (Å²) in [5, 5.41) is 5.70. The van der Waals surface area contributed by atoms with E-state index in [2.05, 4.69) is 15.3 Å². The summed E-state index contributed by atoms with van der Waals surface area (Å²) in [5.74, 6) is 0.316. The Morgan fingerprint density at radius 1 is 1.33 bits per heavy atom. The number of halogens is 1. The second-order valence-electron chi connectivity index (χ2n) is 4.09. The number of aromatic nitrogens is 2. The van der Waals surface area contributed by atoms with Crippen LogP contribution in [0.5, 0.6) is 0 Å². The lowest BCUT2D eigenvalue weighted by atomic mass is 10.4. The summed E-state index contributed by atoms with van der Waals surface area (Å²) in [7, 11) is 0. The van der Waals surface area contributed by atoms with Gasteiger partial charge in [-0.25, -0.2) is 9.97 Å². The molecule has 0 spiro atoms. The van der Waals surface area contributed by atoms with E-state index < -0.39 is 0 Å². The summed E-state index contributed by atoms with van der Waals surface area (Å²) in [5.41, 5.74) is 0.922. The van der Waals surface area contributed by atoms with Gasteiger partial charge in [-0.2, -0.15) is 0 Å². The summed E-state index contributed by atoms with van der Waals surface area (Å²) in [6.45, 7) is 0.509. The van der Waals surface area contributed by atoms with Crippen molar-refractivity contribution in [1.82, 2.24) is 15.3 Å². The second-order valence-corrected chi connectivity index (χ2v) is 7.76. The van der Waals surface area contributed by atoms with E-state index in [9.17, 15) is 4.79 Å². The van der Waals surface area contributed by atoms with Gasteiger partial charge in [0.1, 0.15) is 11.4 Å². The van der Waals surface area contributed by atoms with E-state index in [-0.39, 0.29) is 5.91 Å². The highest BCUT2D eigenvalue weighted by Gasteiger charge is 2.09. The number of hydrogen-bond acceptors (Lipinski definition) is 6. The third-order valence-electron chi connectivity index (χ3n) is 2.64. The van der Waals surface area contributed by atoms with Crippen molar-refractivity contribution < 1.29 is 4.79 Å². The van der Waals surface area contributed by atoms with Gasteiger partial charge in [0.15, 0.2) is 0 Å². The zero-order valence-electron chi connectivity index (χ0n) is 10.7. The molecular formula is C13H10ClN3OS3. The molecule has 3 aromatic rings. The predicted octanol–water partition coefficient (Wildman–Crippen LogP) is 3.81. The molecule has 4 nitrogen and oxygen atoms in total. The lowest BCUT2D eigenvalue weighted by Crippen LogP contribution is -2.24. The van der Waals surface area contributed by atoms with Crippen LogP contribution in [0, 0.1) is 0 Å². The normalized spacial score (nSPS) is 10.9. The van der Waals surface area contributed by atoms with Gasteiger partial charge in [-0.15, -0.1) is 22.7 Å². The van der Waals surface area contributed by atoms with Crippen LogP contribution in [0.2, 0.25) is 4.34 Å². The Bertz CT molecular complexity index is 771. The molecule has 21 heavy (non-hydrogen) atoms. The van der Waals surface area contributed by atoms with E-state index in [1.54, 1.807) is 11.3 Å². The van der Waals surface area contributed by atoms with Crippen molar-refractivity contribution >= 4 is 62.2 Å². The Morgan fingerprint density at radius 2 is 2.24 bits per heavy atom. The number of carbonyl (C=O) groups is 1. The Morgan fingerprint density at radius 3 is 3.05 bits per heavy atom. The van der Waals surface area contributed by atoms with Gasteiger partial charge < -0.3 is 5.32 Å². The Labute approximate surface area is 138 Å². The molecule has 0 fully saturated rings. The Kier molecular flexibility index (Phi) is 4.74. The maximum atomic E-state index is 11.9. The summed E-state index contributed by atoms with van der Waals surface area (Å²) in [6, 6.07) is 5.70. The van der Waals surface area contributed by atoms with Gasteiger partial charge in [-0.3, -0.25) is 4.79 Å². The number of rotatable bonds is 5. The van der Waals surface area contributed by atoms with Crippen molar-refractivity contribution in [2.24, 2.45) is 0 Å². The minimum atomic E-state index is -0.0205. The average molecular weight is 356 g/mol. The first kappa shape index (κ1) is 14.8. The van der Waals surface area contributed by atoms with Crippen molar-refractivity contribution in [2.45, 2.75) is 11.6 Å². The summed E-state index contributed by atoms with van der Waals surface area (Å²) in [6.07, 6.45) is 1.53. The van der Waals surface area contributed by atoms with Gasteiger partial charge >= 0.3 is 0 Å². The van der Waals surface area contributed by atoms with E-state index in [1.165, 1.54) is 29.4 Å². The molecule has 3 rings (SSSR count). The maximum Gasteiger partial charge on any atom is 0.230 e. The smallest absolute Gasteiger partial charge is 0.230 e. The highest BCUT2D eigenvalue weighted by atomic mass is 35.5. The zero-order valence-corrected chi connectivity index (χ0v) is 13.9. The van der Waals surface area contributed by atoms with Crippen LogP contribution in [-0.2, 0) is 11.3 Å². The second kappa shape index (κ2) is 6.74. The highest BCUT2D eigenvalue weighted by Crippen LogP contribution is 2.28. The van der Waals surface area contributed by atoms with Gasteiger partial charge in [0, 0.05) is 4.88 Å². The van der Waals surface area contributed by atoms with Gasteiger partial charge in [0.2, 0.25) is 5.91 Å². The van der Waals surface area contributed by atoms with Crippen molar-refractivity contribution in [3.05, 3.63) is 39.1 Å². The maximum absolute atomic E-state index is 11.9. The molecule has 108 valence electrons. The van der Waals surface area contributed by atoms with E-state index in [4.69, 9.17) is 11.6 Å². The molecule has 0 unspecified atom stereocenters. The molecular weight excluding hydrogens is 346 g/mol. The largest absolute Gasteiger partial charge is 0.350 e. The number of thiophene rings is 2. The molecule has 0 saturated carbocycles. The van der Waals surface area contributed by atoms with Crippen molar-refractivity contribution in [3.8, 4) is 0 Å². The first-order valence-corrected chi connectivity index (χ1v) is 9.10. The van der Waals surface area contributed by atoms with E-state index in [0.717, 1.165) is 24.5 Å². The molecule has 1 amide bonds. The van der Waals surface area contributed by atoms with Gasteiger partial charge in [0.05, 0.1) is 26.9 Å². The number of nitrogens with zero attached hydrogens (tertiary/aromatic N) is 2. The molecule has 0 radical (unpaired) electrons. The van der Waals surface area contributed by atoms with Crippen LogP contribution in [0.15, 0.2) is 34.9 Å². The molecule has 0 saturated heterocycles. The fraction of sp³-hybridized carbons (Fsp3) is 0.154. The fourth-order valence-corrected chi connectivity index (χ4v) is 4.49. The number of nitrogens with one attached hydrogen (secondary N) is 1. The van der Waals surface area contributed by atoms with E-state index in [1.807, 2.05) is 23.6 Å². The Balaban J connectivity index is 1.55. The molecule has 3 heterocycles. The number of hydrogen-bond donors (Lipinski definition) is 1. The molecule has 0 bridgehead atoms. The zero-order chi connectivity index (χ0) is 14.7. The quantitative estimate of drug-likeness (QED) is 0.558. The SMILES string of the molecule is O=C(CSc1ncnc2ccsc12)NCc1ccc(Cl)s1. The minimum Gasteiger partial charge on any atom is -0.350 e. The van der Waals surface area contributed by atoms with E-state index in [0.29, 0.717) is 12.3 Å². The topological polar surface area (TPSA) is 54.9 Å². The lowest BCUT2D eigenvalue weighted by molar-refractivity contribution is -0.118. The molecule has 8 heteroatoms. The fourth-order valence-electron chi connectivity index (χ4n) is 1.69. The predicted molar refractivity (Wildman–Crippen MR) is 89.3 cm³/mol. The van der Waals surface area contributed by atoms with Crippen LogP contribution in [0.1, 0.15) is 4.88 Å². The van der Waals surface area contributed by atoms with Gasteiger partial charge in [-0.1, -0.05) is 23.4 Å². The van der Waals surface area contributed by atoms with Crippen LogP contribution in [0.4, 0.5) is 0 Å². The number of carbonyl (C=O) groups excluding carboxylic acids is 1. The highest BCUT2D eigenvalue weighted by molar-refractivity contribution is 8.00. The van der Waals surface area contributed by atoms with Gasteiger partial charge in [-0.05, 0) is 23.6 Å². The standard InChI is InChI=1S/C13H10ClN3OS3/c14-10-2-1-8(21-10)5-15-11(18)6-20-13-12-9(3-4-19-12)16-7-17-13/h1-4,7H,5-6H2,(H,15,18). The van der Waals surface area contributed by atoms with E-state index >= 15 is 0 Å². The van der Waals surface area contributed by atoms with Gasteiger partial charge in [0.25, 0.3) is 0 Å². The summed E-state index contributed by atoms with van der Waals surface area (Å²) in [4.78, 5) is 21.3. The summed E-state index contributed by atoms with van der Waals surface area (Å²) < 4.78 is 1.76. The monoisotopic (exact) mass is 355 g/mol. The van der Waals surface area contributed by atoms with Crippen LogP contribution >= 0.6 is 46.0 Å². The first-order chi connectivity index (χ1) is 10.2.